The Morgan fingerprint density at radius 1 is 1.59 bits per heavy atom. The first kappa shape index (κ1) is 12.4. The normalized spacial score (nSPS) is 20.6. The fourth-order valence-electron chi connectivity index (χ4n) is 1.96. The molecule has 0 saturated carbocycles. The van der Waals surface area contributed by atoms with Crippen molar-refractivity contribution in [2.75, 3.05) is 6.54 Å². The van der Waals surface area contributed by atoms with Gasteiger partial charge in [-0.05, 0) is 33.6 Å². The van der Waals surface area contributed by atoms with E-state index in [2.05, 4.69) is 4.98 Å². The summed E-state index contributed by atoms with van der Waals surface area (Å²) in [6.45, 7) is 6.43. The van der Waals surface area contributed by atoms with Gasteiger partial charge in [-0.25, -0.2) is 9.78 Å². The summed E-state index contributed by atoms with van der Waals surface area (Å²) in [5.74, 6) is 0. The molecule has 1 saturated heterocycles. The smallest absolute Gasteiger partial charge is 0.410 e. The highest BCUT2D eigenvalue weighted by atomic mass is 32.1. The van der Waals surface area contributed by atoms with Crippen LogP contribution in [0.3, 0.4) is 0 Å². The maximum atomic E-state index is 12.0. The molecule has 1 aromatic rings. The molecule has 1 aliphatic rings. The minimum absolute atomic E-state index is 0.102. The van der Waals surface area contributed by atoms with Crippen LogP contribution in [0.2, 0.25) is 0 Å². The van der Waals surface area contributed by atoms with Crippen molar-refractivity contribution in [3.05, 3.63) is 16.6 Å². The molecule has 1 fully saturated rings. The Morgan fingerprint density at radius 2 is 2.35 bits per heavy atom. The van der Waals surface area contributed by atoms with Gasteiger partial charge in [-0.1, -0.05) is 0 Å². The summed E-state index contributed by atoms with van der Waals surface area (Å²) in [6, 6.07) is 0.102. The second-order valence-electron chi connectivity index (χ2n) is 5.20. The predicted molar refractivity (Wildman–Crippen MR) is 67.0 cm³/mol. The van der Waals surface area contributed by atoms with Crippen molar-refractivity contribution in [1.82, 2.24) is 9.88 Å². The molecule has 0 spiro atoms. The molecule has 2 heterocycles. The number of amides is 1. The van der Waals surface area contributed by atoms with Gasteiger partial charge in [0.25, 0.3) is 0 Å². The Bertz CT molecular complexity index is 384. The standard InChI is InChI=1S/C12H18N2O2S/c1-12(2,3)16-11(15)14-7-4-5-9(14)10-13-6-8-17-10/h6,8-9H,4-5,7H2,1-3H3. The first-order chi connectivity index (χ1) is 7.97. The largest absolute Gasteiger partial charge is 0.444 e. The number of aromatic nitrogens is 1. The van der Waals surface area contributed by atoms with Crippen LogP contribution in [0.1, 0.15) is 44.7 Å². The summed E-state index contributed by atoms with van der Waals surface area (Å²) in [5, 5.41) is 2.95. The van der Waals surface area contributed by atoms with Gasteiger partial charge in [0.2, 0.25) is 0 Å². The van der Waals surface area contributed by atoms with Crippen molar-refractivity contribution in [3.63, 3.8) is 0 Å². The Balaban J connectivity index is 2.07. The first-order valence-electron chi connectivity index (χ1n) is 5.86. The van der Waals surface area contributed by atoms with Crippen LogP contribution < -0.4 is 0 Å². The van der Waals surface area contributed by atoms with Crippen molar-refractivity contribution >= 4 is 17.4 Å². The second-order valence-corrected chi connectivity index (χ2v) is 6.13. The van der Waals surface area contributed by atoms with E-state index in [9.17, 15) is 4.79 Å². The van der Waals surface area contributed by atoms with Crippen LogP contribution in [0, 0.1) is 0 Å². The Hall–Kier alpha value is -1.10. The van der Waals surface area contributed by atoms with Crippen LogP contribution >= 0.6 is 11.3 Å². The van der Waals surface area contributed by atoms with Crippen LogP contribution in [0.25, 0.3) is 0 Å². The van der Waals surface area contributed by atoms with Gasteiger partial charge < -0.3 is 4.74 Å². The lowest BCUT2D eigenvalue weighted by Crippen LogP contribution is -2.36. The van der Waals surface area contributed by atoms with E-state index in [4.69, 9.17) is 4.74 Å². The van der Waals surface area contributed by atoms with E-state index < -0.39 is 5.60 Å². The molecule has 1 unspecified atom stereocenters. The summed E-state index contributed by atoms with van der Waals surface area (Å²) in [7, 11) is 0. The number of ether oxygens (including phenoxy) is 1. The molecule has 0 aromatic carbocycles. The lowest BCUT2D eigenvalue weighted by Gasteiger charge is -2.27. The van der Waals surface area contributed by atoms with E-state index in [1.54, 1.807) is 22.4 Å². The van der Waals surface area contributed by atoms with Gasteiger partial charge in [0.1, 0.15) is 10.6 Å². The minimum atomic E-state index is -0.437. The number of hydrogen-bond donors (Lipinski definition) is 0. The predicted octanol–water partition coefficient (Wildman–Crippen LogP) is 3.22. The van der Waals surface area contributed by atoms with E-state index in [0.717, 1.165) is 24.4 Å². The van der Waals surface area contributed by atoms with Crippen molar-refractivity contribution in [1.29, 1.82) is 0 Å². The molecule has 0 bridgehead atoms. The molecule has 1 atom stereocenters. The number of likely N-dealkylation sites (tertiary alicyclic amines) is 1. The van der Waals surface area contributed by atoms with E-state index in [0.29, 0.717) is 0 Å². The Kier molecular flexibility index (Phi) is 3.38. The molecule has 94 valence electrons. The topological polar surface area (TPSA) is 42.4 Å². The summed E-state index contributed by atoms with van der Waals surface area (Å²) in [4.78, 5) is 18.1. The Morgan fingerprint density at radius 3 is 2.94 bits per heavy atom. The maximum Gasteiger partial charge on any atom is 0.410 e. The average molecular weight is 254 g/mol. The van der Waals surface area contributed by atoms with Crippen molar-refractivity contribution < 1.29 is 9.53 Å². The number of nitrogens with zero attached hydrogens (tertiary/aromatic N) is 2. The highest BCUT2D eigenvalue weighted by Crippen LogP contribution is 2.33. The van der Waals surface area contributed by atoms with E-state index in [1.807, 2.05) is 26.2 Å². The van der Waals surface area contributed by atoms with Gasteiger partial charge >= 0.3 is 6.09 Å². The number of carbonyl (C=O) groups is 1. The number of rotatable bonds is 1. The molecule has 5 heteroatoms. The van der Waals surface area contributed by atoms with Gasteiger partial charge in [0, 0.05) is 18.1 Å². The highest BCUT2D eigenvalue weighted by Gasteiger charge is 2.34. The molecule has 2 rings (SSSR count). The molecule has 0 N–H and O–H groups in total. The highest BCUT2D eigenvalue weighted by molar-refractivity contribution is 7.09. The molecular weight excluding hydrogens is 236 g/mol. The minimum Gasteiger partial charge on any atom is -0.444 e. The fourth-order valence-corrected chi connectivity index (χ4v) is 2.75. The number of carbonyl (C=O) groups excluding carboxylic acids is 1. The monoisotopic (exact) mass is 254 g/mol. The van der Waals surface area contributed by atoms with Gasteiger partial charge in [-0.15, -0.1) is 11.3 Å². The zero-order chi connectivity index (χ0) is 12.5. The summed E-state index contributed by atoms with van der Waals surface area (Å²) >= 11 is 1.60. The van der Waals surface area contributed by atoms with Gasteiger partial charge in [-0.3, -0.25) is 4.90 Å². The van der Waals surface area contributed by atoms with Crippen LogP contribution in [-0.4, -0.2) is 28.1 Å². The second kappa shape index (κ2) is 4.64. The quantitative estimate of drug-likeness (QED) is 0.772. The van der Waals surface area contributed by atoms with Crippen LogP contribution in [-0.2, 0) is 4.74 Å². The summed E-state index contributed by atoms with van der Waals surface area (Å²) in [6.07, 6.45) is 3.55. The zero-order valence-electron chi connectivity index (χ0n) is 10.5. The maximum absolute atomic E-state index is 12.0. The third-order valence-electron chi connectivity index (χ3n) is 2.62. The number of hydrogen-bond acceptors (Lipinski definition) is 4. The molecule has 1 aliphatic heterocycles. The van der Waals surface area contributed by atoms with Crippen molar-refractivity contribution in [2.45, 2.75) is 45.3 Å². The Labute approximate surface area is 106 Å². The average Bonchev–Trinajstić information content (AvgIpc) is 2.85. The van der Waals surface area contributed by atoms with Crippen molar-refractivity contribution in [3.8, 4) is 0 Å². The lowest BCUT2D eigenvalue weighted by atomic mass is 10.2. The van der Waals surface area contributed by atoms with Gasteiger partial charge in [0.15, 0.2) is 0 Å². The molecule has 4 nitrogen and oxygen atoms in total. The molecule has 1 aromatic heterocycles. The molecule has 1 amide bonds. The molecule has 17 heavy (non-hydrogen) atoms. The fraction of sp³-hybridized carbons (Fsp3) is 0.667. The van der Waals surface area contributed by atoms with Crippen LogP contribution in [0.15, 0.2) is 11.6 Å². The van der Waals surface area contributed by atoms with Gasteiger partial charge in [0.05, 0.1) is 6.04 Å². The van der Waals surface area contributed by atoms with E-state index in [1.165, 1.54) is 0 Å². The SMILES string of the molecule is CC(C)(C)OC(=O)N1CCCC1c1nccs1. The van der Waals surface area contributed by atoms with Crippen LogP contribution in [0.5, 0.6) is 0 Å². The van der Waals surface area contributed by atoms with Crippen LogP contribution in [0.4, 0.5) is 4.79 Å². The number of thiazole rings is 1. The third-order valence-corrected chi connectivity index (χ3v) is 3.49. The summed E-state index contributed by atoms with van der Waals surface area (Å²) in [5.41, 5.74) is -0.437. The molecule has 0 radical (unpaired) electrons. The zero-order valence-corrected chi connectivity index (χ0v) is 11.3. The van der Waals surface area contributed by atoms with Crippen molar-refractivity contribution in [2.24, 2.45) is 0 Å². The van der Waals surface area contributed by atoms with E-state index >= 15 is 0 Å². The van der Waals surface area contributed by atoms with Gasteiger partial charge in [-0.2, -0.15) is 0 Å². The van der Waals surface area contributed by atoms with E-state index in [-0.39, 0.29) is 12.1 Å². The third kappa shape index (κ3) is 2.97. The first-order valence-corrected chi connectivity index (χ1v) is 6.74. The molecule has 0 aliphatic carbocycles. The lowest BCUT2D eigenvalue weighted by molar-refractivity contribution is 0.0224. The summed E-state index contributed by atoms with van der Waals surface area (Å²) < 4.78 is 5.41. The molecular formula is C12H18N2O2S.